The summed E-state index contributed by atoms with van der Waals surface area (Å²) in [5.74, 6) is -1.55. The van der Waals surface area contributed by atoms with Gasteiger partial charge in [-0.15, -0.1) is 0 Å². The first-order valence-electron chi connectivity index (χ1n) is 6.29. The van der Waals surface area contributed by atoms with Gasteiger partial charge in [0.25, 0.3) is 5.91 Å². The first-order valence-corrected chi connectivity index (χ1v) is 6.29. The third kappa shape index (κ3) is 2.07. The standard InChI is InChI=1S/C15H13NO4/c17-14(13-6-3-7-20-13)16-9-11-5-2-1-4-10(11)8-12(16)15(18)19/h1-7,12H,8-9H2,(H,18,19)/p-1/t12-/m0/s1. The second-order valence-electron chi connectivity index (χ2n) is 4.72. The number of carbonyl (C=O) groups is 2. The van der Waals surface area contributed by atoms with Gasteiger partial charge in [0.15, 0.2) is 5.76 Å². The molecule has 1 aromatic heterocycles. The topological polar surface area (TPSA) is 73.6 Å². The van der Waals surface area contributed by atoms with Crippen molar-refractivity contribution in [3.63, 3.8) is 0 Å². The molecule has 0 fully saturated rings. The Labute approximate surface area is 115 Å². The molecule has 0 aliphatic carbocycles. The van der Waals surface area contributed by atoms with Crippen molar-refractivity contribution < 1.29 is 19.1 Å². The number of carbonyl (C=O) groups excluding carboxylic acids is 2. The van der Waals surface area contributed by atoms with Gasteiger partial charge in [-0.3, -0.25) is 4.79 Å². The lowest BCUT2D eigenvalue weighted by Crippen LogP contribution is -2.53. The maximum Gasteiger partial charge on any atom is 0.290 e. The summed E-state index contributed by atoms with van der Waals surface area (Å²) in [6.07, 6.45) is 1.64. The average molecular weight is 270 g/mol. The lowest BCUT2D eigenvalue weighted by Gasteiger charge is -2.36. The summed E-state index contributed by atoms with van der Waals surface area (Å²) >= 11 is 0. The lowest BCUT2D eigenvalue weighted by molar-refractivity contribution is -0.311. The Hall–Kier alpha value is -2.56. The normalized spacial score (nSPS) is 17.6. The number of hydrogen-bond donors (Lipinski definition) is 0. The number of carboxylic acids is 1. The van der Waals surface area contributed by atoms with Crippen LogP contribution in [0.3, 0.4) is 0 Å². The summed E-state index contributed by atoms with van der Waals surface area (Å²) < 4.78 is 5.06. The molecule has 0 saturated carbocycles. The van der Waals surface area contributed by atoms with Gasteiger partial charge in [-0.1, -0.05) is 24.3 Å². The second kappa shape index (κ2) is 4.85. The average Bonchev–Trinajstić information content (AvgIpc) is 2.99. The van der Waals surface area contributed by atoms with Gasteiger partial charge >= 0.3 is 0 Å². The van der Waals surface area contributed by atoms with Crippen LogP contribution >= 0.6 is 0 Å². The van der Waals surface area contributed by atoms with Crippen LogP contribution in [-0.4, -0.2) is 22.8 Å². The molecule has 0 saturated heterocycles. The third-order valence-electron chi connectivity index (χ3n) is 3.51. The van der Waals surface area contributed by atoms with Crippen LogP contribution in [0.4, 0.5) is 0 Å². The highest BCUT2D eigenvalue weighted by Crippen LogP contribution is 2.24. The molecule has 1 aliphatic heterocycles. The smallest absolute Gasteiger partial charge is 0.290 e. The van der Waals surface area contributed by atoms with E-state index in [1.165, 1.54) is 17.2 Å². The molecular formula is C15H12NO4-. The molecule has 1 amide bonds. The molecule has 0 radical (unpaired) electrons. The van der Waals surface area contributed by atoms with Crippen molar-refractivity contribution >= 4 is 11.9 Å². The quantitative estimate of drug-likeness (QED) is 0.800. The first-order chi connectivity index (χ1) is 9.66. The molecule has 5 heteroatoms. The maximum atomic E-state index is 12.3. The molecular weight excluding hydrogens is 258 g/mol. The number of amides is 1. The fourth-order valence-electron chi connectivity index (χ4n) is 2.49. The highest BCUT2D eigenvalue weighted by Gasteiger charge is 2.32. The van der Waals surface area contributed by atoms with Crippen LogP contribution in [0.1, 0.15) is 21.7 Å². The van der Waals surface area contributed by atoms with E-state index in [4.69, 9.17) is 4.42 Å². The third-order valence-corrected chi connectivity index (χ3v) is 3.51. The number of nitrogens with zero attached hydrogens (tertiary/aromatic N) is 1. The number of fused-ring (bicyclic) bond motifs is 1. The minimum absolute atomic E-state index is 0.135. The Kier molecular flexibility index (Phi) is 3.02. The van der Waals surface area contributed by atoms with Crippen LogP contribution in [-0.2, 0) is 17.8 Å². The number of furan rings is 1. The van der Waals surface area contributed by atoms with Gasteiger partial charge in [0.1, 0.15) is 0 Å². The monoisotopic (exact) mass is 270 g/mol. The van der Waals surface area contributed by atoms with Crippen LogP contribution in [0.5, 0.6) is 0 Å². The van der Waals surface area contributed by atoms with Crippen LogP contribution in [0, 0.1) is 0 Å². The highest BCUT2D eigenvalue weighted by atomic mass is 16.4. The van der Waals surface area contributed by atoms with Crippen molar-refractivity contribution in [1.29, 1.82) is 0 Å². The van der Waals surface area contributed by atoms with Gasteiger partial charge in [-0.05, 0) is 29.7 Å². The summed E-state index contributed by atoms with van der Waals surface area (Å²) in [6, 6.07) is 9.64. The lowest BCUT2D eigenvalue weighted by atomic mass is 9.94. The minimum atomic E-state index is -1.25. The van der Waals surface area contributed by atoms with Crippen molar-refractivity contribution in [2.24, 2.45) is 0 Å². The van der Waals surface area contributed by atoms with Gasteiger partial charge in [0.2, 0.25) is 0 Å². The number of carboxylic acid groups (broad SMARTS) is 1. The summed E-state index contributed by atoms with van der Waals surface area (Å²) in [6.45, 7) is 0.244. The SMILES string of the molecule is O=C([O-])[C@@H]1Cc2ccccc2CN1C(=O)c1ccco1. The Morgan fingerprint density at radius 2 is 1.90 bits per heavy atom. The van der Waals surface area contributed by atoms with E-state index >= 15 is 0 Å². The van der Waals surface area contributed by atoms with Crippen molar-refractivity contribution in [3.05, 3.63) is 59.5 Å². The van der Waals surface area contributed by atoms with E-state index < -0.39 is 17.9 Å². The van der Waals surface area contributed by atoms with E-state index in [2.05, 4.69) is 0 Å². The number of rotatable bonds is 2. The molecule has 0 unspecified atom stereocenters. The summed E-state index contributed by atoms with van der Waals surface area (Å²) in [7, 11) is 0. The van der Waals surface area contributed by atoms with Crippen LogP contribution in [0.25, 0.3) is 0 Å². The van der Waals surface area contributed by atoms with E-state index in [9.17, 15) is 14.7 Å². The van der Waals surface area contributed by atoms with Crippen molar-refractivity contribution in [2.45, 2.75) is 19.0 Å². The van der Waals surface area contributed by atoms with E-state index in [0.29, 0.717) is 0 Å². The fraction of sp³-hybridized carbons (Fsp3) is 0.200. The highest BCUT2D eigenvalue weighted by molar-refractivity contribution is 5.94. The molecule has 20 heavy (non-hydrogen) atoms. The van der Waals surface area contributed by atoms with Crippen molar-refractivity contribution in [3.8, 4) is 0 Å². The Morgan fingerprint density at radius 3 is 2.55 bits per heavy atom. The van der Waals surface area contributed by atoms with E-state index in [1.54, 1.807) is 6.07 Å². The largest absolute Gasteiger partial charge is 0.548 e. The zero-order valence-electron chi connectivity index (χ0n) is 10.6. The molecule has 5 nitrogen and oxygen atoms in total. The number of hydrogen-bond acceptors (Lipinski definition) is 4. The van der Waals surface area contributed by atoms with Crippen LogP contribution in [0.15, 0.2) is 47.1 Å². The second-order valence-corrected chi connectivity index (χ2v) is 4.72. The Bertz CT molecular complexity index is 648. The predicted molar refractivity (Wildman–Crippen MR) is 67.5 cm³/mol. The van der Waals surface area contributed by atoms with Crippen LogP contribution < -0.4 is 5.11 Å². The molecule has 2 heterocycles. The Morgan fingerprint density at radius 1 is 1.15 bits per heavy atom. The number of aliphatic carboxylic acids is 1. The Balaban J connectivity index is 1.96. The zero-order chi connectivity index (χ0) is 14.1. The van der Waals surface area contributed by atoms with E-state index in [-0.39, 0.29) is 18.7 Å². The van der Waals surface area contributed by atoms with Gasteiger partial charge in [-0.2, -0.15) is 0 Å². The molecule has 0 bridgehead atoms. The number of benzene rings is 1. The van der Waals surface area contributed by atoms with Gasteiger partial charge < -0.3 is 19.2 Å². The molecule has 3 rings (SSSR count). The van der Waals surface area contributed by atoms with E-state index in [0.717, 1.165) is 11.1 Å². The molecule has 1 aromatic carbocycles. The summed E-state index contributed by atoms with van der Waals surface area (Å²) in [4.78, 5) is 24.9. The minimum Gasteiger partial charge on any atom is -0.548 e. The molecule has 102 valence electrons. The fourth-order valence-corrected chi connectivity index (χ4v) is 2.49. The molecule has 0 N–H and O–H groups in total. The first kappa shape index (κ1) is 12.5. The van der Waals surface area contributed by atoms with Crippen molar-refractivity contribution in [2.75, 3.05) is 0 Å². The molecule has 2 aromatic rings. The van der Waals surface area contributed by atoms with Gasteiger partial charge in [0.05, 0.1) is 18.3 Å². The van der Waals surface area contributed by atoms with Crippen molar-refractivity contribution in [1.82, 2.24) is 4.90 Å². The zero-order valence-corrected chi connectivity index (χ0v) is 10.6. The van der Waals surface area contributed by atoms with Crippen LogP contribution in [0.2, 0.25) is 0 Å². The van der Waals surface area contributed by atoms with E-state index in [1.807, 2.05) is 24.3 Å². The molecule has 0 spiro atoms. The summed E-state index contributed by atoms with van der Waals surface area (Å²) in [5.41, 5.74) is 1.88. The molecule has 1 aliphatic rings. The maximum absolute atomic E-state index is 12.3. The molecule has 1 atom stereocenters. The summed E-state index contributed by atoms with van der Waals surface area (Å²) in [5, 5.41) is 11.3. The van der Waals surface area contributed by atoms with Gasteiger partial charge in [0, 0.05) is 6.54 Å². The van der Waals surface area contributed by atoms with Gasteiger partial charge in [-0.25, -0.2) is 0 Å². The predicted octanol–water partition coefficient (Wildman–Crippen LogP) is 0.597.